The molecule has 1 aliphatic rings. The molecule has 0 aromatic heterocycles. The minimum atomic E-state index is -0.475. The molecule has 2 atom stereocenters. The number of hydrogen-bond acceptors (Lipinski definition) is 3. The minimum absolute atomic E-state index is 0.0364. The Labute approximate surface area is 60.0 Å². The van der Waals surface area contributed by atoms with Gasteiger partial charge in [-0.2, -0.15) is 0 Å². The lowest BCUT2D eigenvalue weighted by molar-refractivity contribution is -0.122. The molecule has 0 spiro atoms. The highest BCUT2D eigenvalue weighted by atomic mass is 16.6. The average molecular weight is 144 g/mol. The molecule has 0 bridgehead atoms. The van der Waals surface area contributed by atoms with E-state index in [0.29, 0.717) is 13.0 Å². The van der Waals surface area contributed by atoms with Crippen LogP contribution in [-0.4, -0.2) is 29.7 Å². The molecule has 3 nitrogen and oxygen atoms in total. The Morgan fingerprint density at radius 1 is 1.90 bits per heavy atom. The van der Waals surface area contributed by atoms with Gasteiger partial charge in [-0.05, 0) is 6.42 Å². The number of ketones is 1. The van der Waals surface area contributed by atoms with Crippen molar-refractivity contribution in [2.24, 2.45) is 0 Å². The standard InChI is InChI=1S/C7H12O3/c1-2-5(8)3-6(9)7-4-10-7/h5,7-8H,2-4H2,1H3. The maximum Gasteiger partial charge on any atom is 0.166 e. The number of carbonyl (C=O) groups excluding carboxylic acids is 1. The molecular weight excluding hydrogens is 132 g/mol. The van der Waals surface area contributed by atoms with Gasteiger partial charge in [-0.3, -0.25) is 4.79 Å². The van der Waals surface area contributed by atoms with Crippen LogP contribution >= 0.6 is 0 Å². The van der Waals surface area contributed by atoms with Gasteiger partial charge in [0, 0.05) is 6.42 Å². The van der Waals surface area contributed by atoms with Crippen molar-refractivity contribution in [1.82, 2.24) is 0 Å². The summed E-state index contributed by atoms with van der Waals surface area (Å²) >= 11 is 0. The van der Waals surface area contributed by atoms with E-state index in [-0.39, 0.29) is 18.3 Å². The fourth-order valence-corrected chi connectivity index (χ4v) is 0.742. The molecule has 1 fully saturated rings. The summed E-state index contributed by atoms with van der Waals surface area (Å²) in [5.74, 6) is 0.0364. The first-order valence-corrected chi connectivity index (χ1v) is 3.56. The van der Waals surface area contributed by atoms with Crippen LogP contribution in [0.4, 0.5) is 0 Å². The van der Waals surface area contributed by atoms with Crippen molar-refractivity contribution in [2.75, 3.05) is 6.61 Å². The fraction of sp³-hybridized carbons (Fsp3) is 0.857. The lowest BCUT2D eigenvalue weighted by atomic mass is 10.1. The van der Waals surface area contributed by atoms with Crippen LogP contribution < -0.4 is 0 Å². The number of epoxide rings is 1. The van der Waals surface area contributed by atoms with Gasteiger partial charge in [0.1, 0.15) is 6.10 Å². The lowest BCUT2D eigenvalue weighted by Crippen LogP contribution is -2.16. The molecule has 1 saturated heterocycles. The highest BCUT2D eigenvalue weighted by Gasteiger charge is 2.31. The molecule has 1 aliphatic heterocycles. The van der Waals surface area contributed by atoms with Crippen molar-refractivity contribution in [3.63, 3.8) is 0 Å². The molecule has 0 saturated carbocycles. The van der Waals surface area contributed by atoms with Crippen molar-refractivity contribution in [2.45, 2.75) is 32.0 Å². The van der Waals surface area contributed by atoms with E-state index in [1.54, 1.807) is 0 Å². The number of rotatable bonds is 4. The quantitative estimate of drug-likeness (QED) is 0.570. The van der Waals surface area contributed by atoms with Gasteiger partial charge < -0.3 is 9.84 Å². The number of carbonyl (C=O) groups is 1. The summed E-state index contributed by atoms with van der Waals surface area (Å²) in [7, 11) is 0. The Hall–Kier alpha value is -0.410. The maximum atomic E-state index is 10.9. The van der Waals surface area contributed by atoms with Crippen molar-refractivity contribution >= 4 is 5.78 Å². The number of aliphatic hydroxyl groups excluding tert-OH is 1. The molecule has 3 heteroatoms. The molecule has 2 unspecified atom stereocenters. The molecule has 0 aromatic carbocycles. The summed E-state index contributed by atoms with van der Waals surface area (Å²) in [4.78, 5) is 10.9. The van der Waals surface area contributed by atoms with E-state index in [1.807, 2.05) is 6.92 Å². The van der Waals surface area contributed by atoms with Crippen molar-refractivity contribution in [3.05, 3.63) is 0 Å². The van der Waals surface area contributed by atoms with E-state index in [9.17, 15) is 4.79 Å². The molecule has 0 aromatic rings. The van der Waals surface area contributed by atoms with Crippen LogP contribution in [0.15, 0.2) is 0 Å². The van der Waals surface area contributed by atoms with E-state index in [4.69, 9.17) is 9.84 Å². The second-order valence-electron chi connectivity index (χ2n) is 2.55. The molecule has 1 rings (SSSR count). The predicted molar refractivity (Wildman–Crippen MR) is 35.7 cm³/mol. The van der Waals surface area contributed by atoms with E-state index >= 15 is 0 Å². The molecule has 1 heterocycles. The molecule has 1 N–H and O–H groups in total. The second-order valence-corrected chi connectivity index (χ2v) is 2.55. The van der Waals surface area contributed by atoms with Gasteiger partial charge in [0.05, 0.1) is 12.7 Å². The molecule has 0 aliphatic carbocycles. The SMILES string of the molecule is CCC(O)CC(=O)C1CO1. The summed E-state index contributed by atoms with van der Waals surface area (Å²) in [5, 5.41) is 9.03. The third kappa shape index (κ3) is 2.08. The second kappa shape index (κ2) is 3.12. The summed E-state index contributed by atoms with van der Waals surface area (Å²) in [6.45, 7) is 2.40. The van der Waals surface area contributed by atoms with Gasteiger partial charge in [0.15, 0.2) is 5.78 Å². The molecule has 0 amide bonds. The summed E-state index contributed by atoms with van der Waals surface area (Å²) < 4.78 is 4.76. The van der Waals surface area contributed by atoms with Crippen LogP contribution in [-0.2, 0) is 9.53 Å². The third-order valence-corrected chi connectivity index (χ3v) is 1.60. The van der Waals surface area contributed by atoms with E-state index < -0.39 is 6.10 Å². The van der Waals surface area contributed by atoms with E-state index in [1.165, 1.54) is 0 Å². The summed E-state index contributed by atoms with van der Waals surface area (Å²) in [6, 6.07) is 0. The Bertz CT molecular complexity index is 129. The average Bonchev–Trinajstić information content (AvgIpc) is 2.68. The number of ether oxygens (including phenoxy) is 1. The highest BCUT2D eigenvalue weighted by molar-refractivity contribution is 5.85. The third-order valence-electron chi connectivity index (χ3n) is 1.60. The van der Waals surface area contributed by atoms with Crippen LogP contribution in [0.25, 0.3) is 0 Å². The smallest absolute Gasteiger partial charge is 0.166 e. The Kier molecular flexibility index (Phi) is 2.40. The van der Waals surface area contributed by atoms with Gasteiger partial charge >= 0.3 is 0 Å². The first kappa shape index (κ1) is 7.69. The molecule has 58 valence electrons. The van der Waals surface area contributed by atoms with Gasteiger partial charge in [0.2, 0.25) is 0 Å². The molecule has 0 radical (unpaired) electrons. The highest BCUT2D eigenvalue weighted by Crippen LogP contribution is 2.13. The monoisotopic (exact) mass is 144 g/mol. The largest absolute Gasteiger partial charge is 0.393 e. The van der Waals surface area contributed by atoms with Gasteiger partial charge in [-0.15, -0.1) is 0 Å². The zero-order chi connectivity index (χ0) is 7.56. The van der Waals surface area contributed by atoms with Gasteiger partial charge in [-0.25, -0.2) is 0 Å². The lowest BCUT2D eigenvalue weighted by Gasteiger charge is -2.03. The molecular formula is C7H12O3. The van der Waals surface area contributed by atoms with Gasteiger partial charge in [0.25, 0.3) is 0 Å². The zero-order valence-corrected chi connectivity index (χ0v) is 6.04. The van der Waals surface area contributed by atoms with Crippen LogP contribution in [0.3, 0.4) is 0 Å². The Morgan fingerprint density at radius 2 is 2.50 bits per heavy atom. The van der Waals surface area contributed by atoms with E-state index in [0.717, 1.165) is 0 Å². The Balaban J connectivity index is 2.16. The zero-order valence-electron chi connectivity index (χ0n) is 6.04. The maximum absolute atomic E-state index is 10.9. The van der Waals surface area contributed by atoms with Gasteiger partial charge in [-0.1, -0.05) is 6.92 Å². The minimum Gasteiger partial charge on any atom is -0.393 e. The Morgan fingerprint density at radius 3 is 2.90 bits per heavy atom. The van der Waals surface area contributed by atoms with Crippen LogP contribution in [0.2, 0.25) is 0 Å². The predicted octanol–water partition coefficient (Wildman–Crippen LogP) is 0.115. The van der Waals surface area contributed by atoms with Crippen molar-refractivity contribution < 1.29 is 14.6 Å². The van der Waals surface area contributed by atoms with E-state index in [2.05, 4.69) is 0 Å². The number of Topliss-reactive ketones (excluding diaryl/α,β-unsaturated/α-hetero) is 1. The topological polar surface area (TPSA) is 49.8 Å². The number of hydrogen-bond donors (Lipinski definition) is 1. The molecule has 10 heavy (non-hydrogen) atoms. The van der Waals surface area contributed by atoms with Crippen molar-refractivity contribution in [3.8, 4) is 0 Å². The first-order valence-electron chi connectivity index (χ1n) is 3.56. The van der Waals surface area contributed by atoms with Crippen molar-refractivity contribution in [1.29, 1.82) is 0 Å². The summed E-state index contributed by atoms with van der Waals surface area (Å²) in [5.41, 5.74) is 0. The first-order chi connectivity index (χ1) is 4.74. The number of aliphatic hydroxyl groups is 1. The summed E-state index contributed by atoms with van der Waals surface area (Å²) in [6.07, 6.45) is 0.220. The van der Waals surface area contributed by atoms with Crippen LogP contribution in [0.5, 0.6) is 0 Å². The van der Waals surface area contributed by atoms with Crippen LogP contribution in [0, 0.1) is 0 Å². The normalized spacial score (nSPS) is 26.0. The van der Waals surface area contributed by atoms with Crippen LogP contribution in [0.1, 0.15) is 19.8 Å². The fourth-order valence-electron chi connectivity index (χ4n) is 0.742.